The summed E-state index contributed by atoms with van der Waals surface area (Å²) < 4.78 is 0. The van der Waals surface area contributed by atoms with Crippen LogP contribution in [-0.4, -0.2) is 15.6 Å². The molecule has 0 amide bonds. The van der Waals surface area contributed by atoms with Gasteiger partial charge in [-0.1, -0.05) is 29.5 Å². The van der Waals surface area contributed by atoms with E-state index in [2.05, 4.69) is 0 Å². The number of rotatable bonds is 0. The highest BCUT2D eigenvalue weighted by Crippen LogP contribution is 2.42. The molecule has 0 aromatic heterocycles. The molecule has 12 heavy (non-hydrogen) atoms. The van der Waals surface area contributed by atoms with Gasteiger partial charge in [0.05, 0.1) is 0 Å². The third kappa shape index (κ3) is 1.14. The Morgan fingerprint density at radius 3 is 2.83 bits per heavy atom. The lowest BCUT2D eigenvalue weighted by atomic mass is 10.1. The number of benzene rings is 1. The first-order valence-corrected chi connectivity index (χ1v) is 4.70. The van der Waals surface area contributed by atoms with Crippen LogP contribution in [0.25, 0.3) is 0 Å². The van der Waals surface area contributed by atoms with Crippen molar-refractivity contribution >= 4 is 11.8 Å². The van der Waals surface area contributed by atoms with Gasteiger partial charge in [0.15, 0.2) is 0 Å². The summed E-state index contributed by atoms with van der Waals surface area (Å²) in [5.74, 6) is 0. The highest BCUT2D eigenvalue weighted by Gasteiger charge is 2.29. The highest BCUT2D eigenvalue weighted by molar-refractivity contribution is 8.00. The number of hydrogen-bond donors (Lipinski definition) is 2. The fraction of sp³-hybridized carbons (Fsp3) is 0.333. The summed E-state index contributed by atoms with van der Waals surface area (Å²) in [4.78, 5) is 0.987. The van der Waals surface area contributed by atoms with E-state index in [1.165, 1.54) is 11.8 Å². The second-order valence-electron chi connectivity index (χ2n) is 2.99. The lowest BCUT2D eigenvalue weighted by molar-refractivity contribution is 0.0771. The first-order valence-electron chi connectivity index (χ1n) is 3.82. The van der Waals surface area contributed by atoms with Crippen LogP contribution >= 0.6 is 11.8 Å². The van der Waals surface area contributed by atoms with Crippen LogP contribution in [0.2, 0.25) is 0 Å². The zero-order valence-electron chi connectivity index (χ0n) is 6.69. The molecule has 0 saturated carbocycles. The Morgan fingerprint density at radius 2 is 2.08 bits per heavy atom. The van der Waals surface area contributed by atoms with Crippen LogP contribution < -0.4 is 0 Å². The number of fused-ring (bicyclic) bond motifs is 1. The maximum atomic E-state index is 9.50. The zero-order valence-corrected chi connectivity index (χ0v) is 7.51. The third-order valence-electron chi connectivity index (χ3n) is 2.00. The molecule has 0 fully saturated rings. The van der Waals surface area contributed by atoms with Crippen LogP contribution in [0, 0.1) is 6.92 Å². The van der Waals surface area contributed by atoms with E-state index in [4.69, 9.17) is 0 Å². The fourth-order valence-corrected chi connectivity index (χ4v) is 2.35. The molecule has 64 valence electrons. The summed E-state index contributed by atoms with van der Waals surface area (Å²) in [5, 5.41) is 18.8. The lowest BCUT2D eigenvalue weighted by Gasteiger charge is -2.06. The maximum Gasteiger partial charge on any atom is 0.134 e. The van der Waals surface area contributed by atoms with E-state index >= 15 is 0 Å². The Morgan fingerprint density at radius 1 is 1.33 bits per heavy atom. The number of hydrogen-bond acceptors (Lipinski definition) is 3. The maximum absolute atomic E-state index is 9.50. The Hall–Kier alpha value is -0.510. The van der Waals surface area contributed by atoms with Gasteiger partial charge in [-0.3, -0.25) is 0 Å². The van der Waals surface area contributed by atoms with Crippen molar-refractivity contribution in [2.75, 3.05) is 0 Å². The van der Waals surface area contributed by atoms with Crippen molar-refractivity contribution in [3.05, 3.63) is 29.3 Å². The van der Waals surface area contributed by atoms with Gasteiger partial charge in [-0.2, -0.15) is 0 Å². The van der Waals surface area contributed by atoms with Gasteiger partial charge in [0.2, 0.25) is 0 Å². The molecular formula is C9H10O2S. The fourth-order valence-electron chi connectivity index (χ4n) is 1.35. The number of aryl methyl sites for hydroxylation is 1. The Kier molecular flexibility index (Phi) is 1.87. The summed E-state index contributed by atoms with van der Waals surface area (Å²) in [7, 11) is 0. The van der Waals surface area contributed by atoms with Crippen molar-refractivity contribution in [2.24, 2.45) is 0 Å². The number of aliphatic hydroxyl groups excluding tert-OH is 2. The second-order valence-corrected chi connectivity index (χ2v) is 4.15. The molecule has 2 rings (SSSR count). The van der Waals surface area contributed by atoms with E-state index in [1.54, 1.807) is 0 Å². The Bertz CT molecular complexity index is 311. The Balaban J connectivity index is 2.48. The van der Waals surface area contributed by atoms with E-state index < -0.39 is 11.5 Å². The first kappa shape index (κ1) is 8.10. The van der Waals surface area contributed by atoms with Crippen LogP contribution in [0.15, 0.2) is 23.1 Å². The lowest BCUT2D eigenvalue weighted by Crippen LogP contribution is -2.07. The van der Waals surface area contributed by atoms with Crippen LogP contribution in [0.1, 0.15) is 17.2 Å². The largest absolute Gasteiger partial charge is 0.385 e. The van der Waals surface area contributed by atoms with Gasteiger partial charge in [-0.05, 0) is 18.6 Å². The molecule has 0 radical (unpaired) electrons. The van der Waals surface area contributed by atoms with Crippen LogP contribution in [-0.2, 0) is 0 Å². The molecule has 2 atom stereocenters. The topological polar surface area (TPSA) is 40.5 Å². The second kappa shape index (κ2) is 2.76. The molecule has 1 aliphatic rings. The molecule has 1 heterocycles. The van der Waals surface area contributed by atoms with Crippen molar-refractivity contribution in [2.45, 2.75) is 23.4 Å². The normalized spacial score (nSPS) is 27.2. The average Bonchev–Trinajstić information content (AvgIpc) is 2.31. The van der Waals surface area contributed by atoms with Gasteiger partial charge in [-0.25, -0.2) is 0 Å². The van der Waals surface area contributed by atoms with Crippen molar-refractivity contribution in [1.29, 1.82) is 0 Å². The summed E-state index contributed by atoms with van der Waals surface area (Å²) in [5.41, 5.74) is 1.27. The summed E-state index contributed by atoms with van der Waals surface area (Å²) in [6.45, 7) is 1.97. The summed E-state index contributed by atoms with van der Waals surface area (Å²) >= 11 is 1.31. The predicted octanol–water partition coefficient (Wildman–Crippen LogP) is 1.45. The zero-order chi connectivity index (χ0) is 8.72. The molecule has 1 aliphatic heterocycles. The van der Waals surface area contributed by atoms with E-state index in [1.807, 2.05) is 25.1 Å². The molecule has 1 aromatic rings. The minimum Gasteiger partial charge on any atom is -0.385 e. The van der Waals surface area contributed by atoms with Gasteiger partial charge >= 0.3 is 0 Å². The predicted molar refractivity (Wildman–Crippen MR) is 48.0 cm³/mol. The molecular weight excluding hydrogens is 172 g/mol. The molecule has 0 bridgehead atoms. The number of thioether (sulfide) groups is 1. The molecule has 0 unspecified atom stereocenters. The molecule has 0 aliphatic carbocycles. The molecule has 3 heteroatoms. The van der Waals surface area contributed by atoms with Gasteiger partial charge < -0.3 is 10.2 Å². The quantitative estimate of drug-likeness (QED) is 0.638. The smallest absolute Gasteiger partial charge is 0.134 e. The van der Waals surface area contributed by atoms with Crippen molar-refractivity contribution in [3.63, 3.8) is 0 Å². The minimum absolute atomic E-state index is 0.693. The third-order valence-corrected chi connectivity index (χ3v) is 3.13. The van der Waals surface area contributed by atoms with Crippen LogP contribution in [0.5, 0.6) is 0 Å². The summed E-state index contributed by atoms with van der Waals surface area (Å²) in [6, 6.07) is 5.84. The van der Waals surface area contributed by atoms with Gasteiger partial charge in [0, 0.05) is 4.90 Å². The molecule has 2 N–H and O–H groups in total. The van der Waals surface area contributed by atoms with Crippen molar-refractivity contribution in [3.8, 4) is 0 Å². The first-order chi connectivity index (χ1) is 5.68. The number of aliphatic hydroxyl groups is 2. The Labute approximate surface area is 75.2 Å². The van der Waals surface area contributed by atoms with E-state index in [0.29, 0.717) is 0 Å². The van der Waals surface area contributed by atoms with Crippen molar-refractivity contribution < 1.29 is 10.2 Å². The molecule has 0 spiro atoms. The van der Waals surface area contributed by atoms with Crippen LogP contribution in [0.3, 0.4) is 0 Å². The molecule has 0 saturated heterocycles. The molecule has 2 nitrogen and oxygen atoms in total. The van der Waals surface area contributed by atoms with Crippen LogP contribution in [0.4, 0.5) is 0 Å². The summed E-state index contributed by atoms with van der Waals surface area (Å²) in [6.07, 6.45) is -0.718. The van der Waals surface area contributed by atoms with Crippen molar-refractivity contribution in [1.82, 2.24) is 0 Å². The van der Waals surface area contributed by atoms with E-state index in [0.717, 1.165) is 16.0 Å². The SMILES string of the molecule is Cc1ccc2c(c1)[C@@H](O)[C@H](O)S2. The minimum atomic E-state index is -0.718. The average molecular weight is 182 g/mol. The van der Waals surface area contributed by atoms with E-state index in [9.17, 15) is 10.2 Å². The van der Waals surface area contributed by atoms with Gasteiger partial charge in [-0.15, -0.1) is 0 Å². The molecule has 1 aromatic carbocycles. The van der Waals surface area contributed by atoms with Gasteiger partial charge in [0.25, 0.3) is 0 Å². The monoisotopic (exact) mass is 182 g/mol. The van der Waals surface area contributed by atoms with E-state index in [-0.39, 0.29) is 0 Å². The highest BCUT2D eigenvalue weighted by atomic mass is 32.2. The van der Waals surface area contributed by atoms with Gasteiger partial charge in [0.1, 0.15) is 11.5 Å². The standard InChI is InChI=1S/C9H10O2S/c1-5-2-3-7-6(4-5)8(10)9(11)12-7/h2-4,8-11H,1H3/t8-,9-/m1/s1.